The molecule has 2 aromatic carbocycles. The molecule has 8 nitrogen and oxygen atoms in total. The molecule has 1 aliphatic rings. The van der Waals surface area contributed by atoms with Crippen LogP contribution in [0, 0.1) is 20.8 Å². The fourth-order valence-electron chi connectivity index (χ4n) is 4.36. The van der Waals surface area contributed by atoms with Crippen LogP contribution in [0.5, 0.6) is 17.2 Å². The quantitative estimate of drug-likeness (QED) is 0.468. The number of aliphatic hydroxyl groups is 1. The Morgan fingerprint density at radius 1 is 1.03 bits per heavy atom. The number of methoxy groups -OCH3 is 3. The van der Waals surface area contributed by atoms with Gasteiger partial charge in [-0.05, 0) is 50.1 Å². The van der Waals surface area contributed by atoms with E-state index in [1.165, 1.54) is 37.6 Å². The molecule has 1 N–H and O–H groups in total. The Bertz CT molecular complexity index is 1330. The topological polar surface area (TPSA) is 98.2 Å². The molecule has 2 heterocycles. The third kappa shape index (κ3) is 4.01. The number of hydrogen-bond acceptors (Lipinski definition) is 8. The number of rotatable bonds is 7. The van der Waals surface area contributed by atoms with Gasteiger partial charge < -0.3 is 19.3 Å². The minimum Gasteiger partial charge on any atom is -0.503 e. The average Bonchev–Trinajstić information content (AvgIpc) is 3.32. The predicted molar refractivity (Wildman–Crippen MR) is 133 cm³/mol. The zero-order chi connectivity index (χ0) is 25.4. The first kappa shape index (κ1) is 24.3. The van der Waals surface area contributed by atoms with Gasteiger partial charge in [0.25, 0.3) is 5.91 Å². The molecule has 0 saturated carbocycles. The fraction of sp³-hybridized carbons (Fsp3) is 0.269. The van der Waals surface area contributed by atoms with E-state index >= 15 is 0 Å². The second-order valence-electron chi connectivity index (χ2n) is 8.06. The number of benzene rings is 2. The number of amides is 1. The molecule has 0 spiro atoms. The van der Waals surface area contributed by atoms with E-state index in [4.69, 9.17) is 14.2 Å². The Morgan fingerprint density at radius 2 is 1.66 bits per heavy atom. The average molecular weight is 495 g/mol. The highest BCUT2D eigenvalue weighted by Crippen LogP contribution is 2.47. The Hall–Kier alpha value is -3.85. The van der Waals surface area contributed by atoms with Crippen molar-refractivity contribution in [2.45, 2.75) is 26.8 Å². The van der Waals surface area contributed by atoms with Crippen LogP contribution in [-0.2, 0) is 4.79 Å². The summed E-state index contributed by atoms with van der Waals surface area (Å²) in [5, 5.41) is 11.8. The summed E-state index contributed by atoms with van der Waals surface area (Å²) >= 11 is 1.23. The van der Waals surface area contributed by atoms with Crippen LogP contribution in [0.25, 0.3) is 0 Å². The van der Waals surface area contributed by atoms with Crippen LogP contribution in [0.15, 0.2) is 47.7 Å². The molecule has 0 saturated heterocycles. The van der Waals surface area contributed by atoms with Gasteiger partial charge in [0.05, 0.1) is 48.5 Å². The van der Waals surface area contributed by atoms with Crippen LogP contribution in [-0.4, -0.2) is 43.1 Å². The van der Waals surface area contributed by atoms with Gasteiger partial charge in [0.1, 0.15) is 0 Å². The maximum absolute atomic E-state index is 13.8. The Morgan fingerprint density at radius 3 is 2.17 bits per heavy atom. The van der Waals surface area contributed by atoms with Crippen LogP contribution in [0.2, 0.25) is 0 Å². The number of para-hydroxylation sites is 1. The van der Waals surface area contributed by atoms with Crippen molar-refractivity contribution in [3.8, 4) is 17.2 Å². The number of ether oxygens (including phenoxy) is 3. The summed E-state index contributed by atoms with van der Waals surface area (Å²) in [5.41, 5.74) is 2.41. The number of Topliss-reactive ketones (excluding diaryl/α,β-unsaturated/α-hetero) is 1. The summed E-state index contributed by atoms with van der Waals surface area (Å²) in [7, 11) is 4.47. The van der Waals surface area contributed by atoms with Gasteiger partial charge in [-0.2, -0.15) is 0 Å². The first-order valence-corrected chi connectivity index (χ1v) is 11.7. The predicted octanol–water partition coefficient (Wildman–Crippen LogP) is 4.88. The van der Waals surface area contributed by atoms with E-state index in [9.17, 15) is 14.7 Å². The third-order valence-electron chi connectivity index (χ3n) is 5.94. The fourth-order valence-corrected chi connectivity index (χ4v) is 5.23. The van der Waals surface area contributed by atoms with E-state index in [2.05, 4.69) is 4.98 Å². The van der Waals surface area contributed by atoms with E-state index in [1.807, 2.05) is 19.1 Å². The number of anilines is 1. The molecular formula is C26H26N2O6S. The summed E-state index contributed by atoms with van der Waals surface area (Å²) < 4.78 is 16.5. The Labute approximate surface area is 207 Å². The second-order valence-corrected chi connectivity index (χ2v) is 9.26. The molecule has 1 aliphatic heterocycles. The van der Waals surface area contributed by atoms with Crippen molar-refractivity contribution in [1.29, 1.82) is 0 Å². The zero-order valence-electron chi connectivity index (χ0n) is 20.3. The molecule has 182 valence electrons. The van der Waals surface area contributed by atoms with Crippen molar-refractivity contribution in [3.63, 3.8) is 0 Å². The molecule has 1 unspecified atom stereocenters. The van der Waals surface area contributed by atoms with Crippen molar-refractivity contribution in [2.75, 3.05) is 26.2 Å². The number of ketones is 1. The van der Waals surface area contributed by atoms with Gasteiger partial charge in [0.15, 0.2) is 17.3 Å². The lowest BCUT2D eigenvalue weighted by atomic mass is 9.94. The third-order valence-corrected chi connectivity index (χ3v) is 7.01. The Kier molecular flexibility index (Phi) is 6.53. The minimum atomic E-state index is -0.938. The number of aryl methyl sites for hydroxylation is 3. The van der Waals surface area contributed by atoms with Crippen LogP contribution < -0.4 is 19.1 Å². The molecule has 0 radical (unpaired) electrons. The van der Waals surface area contributed by atoms with Gasteiger partial charge in [0.2, 0.25) is 11.5 Å². The molecule has 35 heavy (non-hydrogen) atoms. The highest BCUT2D eigenvalue weighted by Gasteiger charge is 2.46. The van der Waals surface area contributed by atoms with E-state index in [0.29, 0.717) is 39.1 Å². The van der Waals surface area contributed by atoms with Gasteiger partial charge in [-0.3, -0.25) is 14.5 Å². The van der Waals surface area contributed by atoms with E-state index < -0.39 is 23.5 Å². The highest BCUT2D eigenvalue weighted by atomic mass is 32.1. The number of carbonyl (C=O) groups excluding carboxylic acids is 2. The van der Waals surface area contributed by atoms with Gasteiger partial charge in [-0.25, -0.2) is 4.98 Å². The van der Waals surface area contributed by atoms with Crippen molar-refractivity contribution in [1.82, 2.24) is 4.98 Å². The molecule has 0 fully saturated rings. The van der Waals surface area contributed by atoms with Crippen molar-refractivity contribution in [3.05, 3.63) is 74.4 Å². The smallest absolute Gasteiger partial charge is 0.294 e. The first-order chi connectivity index (χ1) is 16.7. The van der Waals surface area contributed by atoms with Crippen molar-refractivity contribution < 1.29 is 28.9 Å². The van der Waals surface area contributed by atoms with Crippen molar-refractivity contribution in [2.24, 2.45) is 0 Å². The van der Waals surface area contributed by atoms with Crippen LogP contribution in [0.3, 0.4) is 0 Å². The minimum absolute atomic E-state index is 0.0284. The van der Waals surface area contributed by atoms with Crippen molar-refractivity contribution >= 4 is 28.7 Å². The molecule has 0 bridgehead atoms. The highest BCUT2D eigenvalue weighted by molar-refractivity contribution is 7.14. The maximum Gasteiger partial charge on any atom is 0.294 e. The Balaban J connectivity index is 1.99. The monoisotopic (exact) mass is 494 g/mol. The summed E-state index contributed by atoms with van der Waals surface area (Å²) in [6, 6.07) is 9.73. The second kappa shape index (κ2) is 9.42. The van der Waals surface area contributed by atoms with Gasteiger partial charge in [-0.15, -0.1) is 11.3 Å². The van der Waals surface area contributed by atoms with Crippen LogP contribution >= 0.6 is 11.3 Å². The molecular weight excluding hydrogens is 468 g/mol. The molecule has 3 aromatic rings. The van der Waals surface area contributed by atoms with E-state index in [1.54, 1.807) is 38.1 Å². The zero-order valence-corrected chi connectivity index (χ0v) is 21.1. The molecule has 9 heteroatoms. The lowest BCUT2D eigenvalue weighted by Crippen LogP contribution is -2.31. The maximum atomic E-state index is 13.8. The van der Waals surface area contributed by atoms with Crippen LogP contribution in [0.1, 0.15) is 37.5 Å². The summed E-state index contributed by atoms with van der Waals surface area (Å²) in [5.74, 6) is -0.610. The number of aromatic nitrogens is 1. The largest absolute Gasteiger partial charge is 0.503 e. The number of aliphatic hydroxyl groups excluding tert-OH is 1. The number of hydrogen-bond donors (Lipinski definition) is 1. The van der Waals surface area contributed by atoms with E-state index in [-0.39, 0.29) is 5.57 Å². The van der Waals surface area contributed by atoms with Gasteiger partial charge in [0, 0.05) is 5.69 Å². The lowest BCUT2D eigenvalue weighted by Gasteiger charge is -2.29. The molecule has 1 aromatic heterocycles. The molecule has 4 rings (SSSR count). The van der Waals surface area contributed by atoms with Crippen LogP contribution in [0.4, 0.5) is 5.69 Å². The number of thiazole rings is 1. The normalized spacial score (nSPS) is 15.5. The van der Waals surface area contributed by atoms with E-state index in [0.717, 1.165) is 10.6 Å². The molecule has 1 atom stereocenters. The number of carbonyl (C=O) groups is 2. The molecule has 1 amide bonds. The lowest BCUT2D eigenvalue weighted by molar-refractivity contribution is -0.117. The standard InChI is InChI=1S/C26H26N2O6S/c1-13-9-7-8-10-17(13)28-21(16-11-18(32-4)24(34-6)19(12-16)33-5)20(23(30)26(28)31)22(29)25-14(2)27-15(3)35-25/h7-12,21,30H,1-6H3. The summed E-state index contributed by atoms with van der Waals surface area (Å²) in [6.45, 7) is 5.40. The summed E-state index contributed by atoms with van der Waals surface area (Å²) in [6.07, 6.45) is 0. The van der Waals surface area contributed by atoms with Gasteiger partial charge >= 0.3 is 0 Å². The first-order valence-electron chi connectivity index (χ1n) is 10.8. The molecule has 0 aliphatic carbocycles. The summed E-state index contributed by atoms with van der Waals surface area (Å²) in [4.78, 5) is 33.4. The number of nitrogens with zero attached hydrogens (tertiary/aromatic N) is 2. The van der Waals surface area contributed by atoms with Gasteiger partial charge in [-0.1, -0.05) is 18.2 Å². The SMILES string of the molecule is COc1cc(C2C(C(=O)c3sc(C)nc3C)=C(O)C(=O)N2c2ccccc2C)cc(OC)c1OC.